The second kappa shape index (κ2) is 5.05. The van der Waals surface area contributed by atoms with Crippen molar-refractivity contribution in [1.82, 2.24) is 10.1 Å². The van der Waals surface area contributed by atoms with Crippen LogP contribution in [0.5, 0.6) is 0 Å². The Balaban J connectivity index is 2.43. The Morgan fingerprint density at radius 1 is 1.69 bits per heavy atom. The second-order valence-corrected chi connectivity index (χ2v) is 3.53. The molecule has 0 atom stereocenters. The topological polar surface area (TPSA) is 29.3 Å². The minimum absolute atomic E-state index is 0.729. The maximum absolute atomic E-state index is 5.03. The van der Waals surface area contributed by atoms with Crippen LogP contribution >= 0.6 is 15.9 Å². The average Bonchev–Trinajstić information content (AvgIpc) is 2.48. The molecule has 0 spiro atoms. The SMILES string of the molecule is CC#CCN(C)Cc1cc(Br)no1. The molecule has 1 heterocycles. The number of nitrogens with zero attached hydrogens (tertiary/aromatic N) is 2. The molecule has 1 aromatic heterocycles. The Labute approximate surface area is 86.2 Å². The van der Waals surface area contributed by atoms with Crippen LogP contribution < -0.4 is 0 Å². The summed E-state index contributed by atoms with van der Waals surface area (Å²) in [5, 5.41) is 3.73. The van der Waals surface area contributed by atoms with Crippen molar-refractivity contribution < 1.29 is 4.52 Å². The summed E-state index contributed by atoms with van der Waals surface area (Å²) in [4.78, 5) is 2.06. The zero-order valence-electron chi connectivity index (χ0n) is 7.67. The number of halogens is 1. The Hall–Kier alpha value is -0.790. The summed E-state index contributed by atoms with van der Waals surface area (Å²) in [5.41, 5.74) is 0. The highest BCUT2D eigenvalue weighted by molar-refractivity contribution is 9.10. The van der Waals surface area contributed by atoms with Gasteiger partial charge in [-0.3, -0.25) is 4.90 Å². The Kier molecular flexibility index (Phi) is 4.00. The molecule has 0 aliphatic heterocycles. The van der Waals surface area contributed by atoms with Crippen molar-refractivity contribution in [2.45, 2.75) is 13.5 Å². The first-order valence-corrected chi connectivity index (χ1v) is 4.71. The van der Waals surface area contributed by atoms with E-state index in [1.54, 1.807) is 0 Å². The molecule has 0 bridgehead atoms. The third-order valence-corrected chi connectivity index (χ3v) is 1.86. The average molecular weight is 243 g/mol. The largest absolute Gasteiger partial charge is 0.359 e. The molecule has 0 N–H and O–H groups in total. The van der Waals surface area contributed by atoms with Crippen LogP contribution in [0.3, 0.4) is 0 Å². The smallest absolute Gasteiger partial charge is 0.151 e. The van der Waals surface area contributed by atoms with E-state index in [1.165, 1.54) is 0 Å². The lowest BCUT2D eigenvalue weighted by atomic mass is 10.4. The van der Waals surface area contributed by atoms with Gasteiger partial charge in [-0.1, -0.05) is 11.1 Å². The van der Waals surface area contributed by atoms with E-state index in [2.05, 4.69) is 37.8 Å². The number of rotatable bonds is 3. The second-order valence-electron chi connectivity index (χ2n) is 2.72. The highest BCUT2D eigenvalue weighted by Crippen LogP contribution is 2.10. The molecular formula is C9H11BrN2O. The van der Waals surface area contributed by atoms with Crippen molar-refractivity contribution >= 4 is 15.9 Å². The van der Waals surface area contributed by atoms with Crippen molar-refractivity contribution in [3.05, 3.63) is 16.4 Å². The van der Waals surface area contributed by atoms with E-state index >= 15 is 0 Å². The molecule has 0 saturated carbocycles. The standard InChI is InChI=1S/C9H11BrN2O/c1-3-4-5-12(2)7-8-6-9(10)11-13-8/h6H,5,7H2,1-2H3. The van der Waals surface area contributed by atoms with Crippen LogP contribution in [-0.2, 0) is 6.54 Å². The molecule has 0 aliphatic carbocycles. The van der Waals surface area contributed by atoms with E-state index in [9.17, 15) is 0 Å². The van der Waals surface area contributed by atoms with Crippen LogP contribution in [0.4, 0.5) is 0 Å². The van der Waals surface area contributed by atoms with E-state index in [1.807, 2.05) is 20.0 Å². The Morgan fingerprint density at radius 2 is 2.46 bits per heavy atom. The molecule has 0 radical (unpaired) electrons. The van der Waals surface area contributed by atoms with Gasteiger partial charge in [0.2, 0.25) is 0 Å². The number of aromatic nitrogens is 1. The van der Waals surface area contributed by atoms with Gasteiger partial charge in [-0.25, -0.2) is 0 Å². The molecule has 0 aliphatic rings. The van der Waals surface area contributed by atoms with Gasteiger partial charge in [-0.2, -0.15) is 0 Å². The first-order chi connectivity index (χ1) is 6.22. The molecular weight excluding hydrogens is 232 g/mol. The Morgan fingerprint density at radius 3 is 3.00 bits per heavy atom. The zero-order chi connectivity index (χ0) is 9.68. The fraction of sp³-hybridized carbons (Fsp3) is 0.444. The van der Waals surface area contributed by atoms with Gasteiger partial charge in [-0.15, -0.1) is 5.92 Å². The van der Waals surface area contributed by atoms with Crippen LogP contribution in [0.25, 0.3) is 0 Å². The lowest BCUT2D eigenvalue weighted by molar-refractivity contribution is 0.294. The summed E-state index contributed by atoms with van der Waals surface area (Å²) in [5.74, 6) is 6.66. The fourth-order valence-electron chi connectivity index (χ4n) is 0.898. The molecule has 0 fully saturated rings. The van der Waals surface area contributed by atoms with E-state index in [-0.39, 0.29) is 0 Å². The lowest BCUT2D eigenvalue weighted by Crippen LogP contribution is -2.17. The van der Waals surface area contributed by atoms with Gasteiger partial charge in [0.25, 0.3) is 0 Å². The van der Waals surface area contributed by atoms with Gasteiger partial charge in [0.1, 0.15) is 4.60 Å². The van der Waals surface area contributed by atoms with E-state index in [4.69, 9.17) is 4.52 Å². The van der Waals surface area contributed by atoms with Gasteiger partial charge < -0.3 is 4.52 Å². The predicted octanol–water partition coefficient (Wildman–Crippen LogP) is 1.89. The van der Waals surface area contributed by atoms with Crippen LogP contribution in [0, 0.1) is 11.8 Å². The van der Waals surface area contributed by atoms with E-state index in [0.29, 0.717) is 0 Å². The van der Waals surface area contributed by atoms with Crippen molar-refractivity contribution in [2.75, 3.05) is 13.6 Å². The maximum atomic E-state index is 5.03. The molecule has 13 heavy (non-hydrogen) atoms. The summed E-state index contributed by atoms with van der Waals surface area (Å²) in [7, 11) is 1.99. The normalized spacial score (nSPS) is 9.85. The molecule has 70 valence electrons. The third-order valence-electron chi connectivity index (χ3n) is 1.48. The molecule has 0 unspecified atom stereocenters. The lowest BCUT2D eigenvalue weighted by Gasteiger charge is -2.09. The number of hydrogen-bond donors (Lipinski definition) is 0. The predicted molar refractivity (Wildman–Crippen MR) is 54.0 cm³/mol. The zero-order valence-corrected chi connectivity index (χ0v) is 9.26. The number of hydrogen-bond acceptors (Lipinski definition) is 3. The minimum Gasteiger partial charge on any atom is -0.359 e. The molecule has 1 aromatic rings. The van der Waals surface area contributed by atoms with Crippen molar-refractivity contribution in [3.63, 3.8) is 0 Å². The van der Waals surface area contributed by atoms with Crippen LogP contribution in [0.1, 0.15) is 12.7 Å². The molecule has 0 saturated heterocycles. The van der Waals surface area contributed by atoms with Crippen LogP contribution in [0.15, 0.2) is 15.2 Å². The maximum Gasteiger partial charge on any atom is 0.151 e. The fourth-order valence-corrected chi connectivity index (χ4v) is 1.23. The summed E-state index contributed by atoms with van der Waals surface area (Å²) >= 11 is 3.22. The van der Waals surface area contributed by atoms with Crippen molar-refractivity contribution in [3.8, 4) is 11.8 Å². The quantitative estimate of drug-likeness (QED) is 0.759. The highest BCUT2D eigenvalue weighted by Gasteiger charge is 2.03. The molecule has 0 aromatic carbocycles. The van der Waals surface area contributed by atoms with Gasteiger partial charge >= 0.3 is 0 Å². The highest BCUT2D eigenvalue weighted by atomic mass is 79.9. The molecule has 1 rings (SSSR count). The summed E-state index contributed by atoms with van der Waals surface area (Å²) in [6, 6.07) is 1.86. The van der Waals surface area contributed by atoms with Gasteiger partial charge in [0.05, 0.1) is 13.1 Å². The summed E-state index contributed by atoms with van der Waals surface area (Å²) in [6.07, 6.45) is 0. The first kappa shape index (κ1) is 10.3. The van der Waals surface area contributed by atoms with Crippen LogP contribution in [-0.4, -0.2) is 23.6 Å². The van der Waals surface area contributed by atoms with Crippen molar-refractivity contribution in [2.24, 2.45) is 0 Å². The summed E-state index contributed by atoms with van der Waals surface area (Å²) in [6.45, 7) is 3.31. The van der Waals surface area contributed by atoms with Gasteiger partial charge in [0.15, 0.2) is 5.76 Å². The Bertz CT molecular complexity index is 324. The molecule has 4 heteroatoms. The van der Waals surface area contributed by atoms with E-state index < -0.39 is 0 Å². The third kappa shape index (κ3) is 3.62. The van der Waals surface area contributed by atoms with Crippen molar-refractivity contribution in [1.29, 1.82) is 0 Å². The molecule has 0 amide bonds. The van der Waals surface area contributed by atoms with E-state index in [0.717, 1.165) is 23.5 Å². The summed E-state index contributed by atoms with van der Waals surface area (Å²) < 4.78 is 5.76. The molecule has 3 nitrogen and oxygen atoms in total. The van der Waals surface area contributed by atoms with Crippen LogP contribution in [0.2, 0.25) is 0 Å². The monoisotopic (exact) mass is 242 g/mol. The van der Waals surface area contributed by atoms with Gasteiger partial charge in [0, 0.05) is 6.07 Å². The minimum atomic E-state index is 0.729. The van der Waals surface area contributed by atoms with Gasteiger partial charge in [-0.05, 0) is 29.9 Å². The first-order valence-electron chi connectivity index (χ1n) is 3.91.